The third-order valence-corrected chi connectivity index (χ3v) is 4.12. The highest BCUT2D eigenvalue weighted by molar-refractivity contribution is 5.75. The van der Waals surface area contributed by atoms with E-state index in [1.54, 1.807) is 0 Å². The monoisotopic (exact) mass is 272 g/mol. The molecular formula is C16H24N4. The van der Waals surface area contributed by atoms with E-state index >= 15 is 0 Å². The first-order chi connectivity index (χ1) is 9.74. The van der Waals surface area contributed by atoms with Gasteiger partial charge >= 0.3 is 0 Å². The first kappa shape index (κ1) is 13.6. The lowest BCUT2D eigenvalue weighted by Crippen LogP contribution is -2.21. The van der Waals surface area contributed by atoms with E-state index in [0.717, 1.165) is 12.2 Å². The van der Waals surface area contributed by atoms with Gasteiger partial charge in [-0.2, -0.15) is 5.10 Å². The molecule has 0 bridgehead atoms. The second-order valence-electron chi connectivity index (χ2n) is 6.17. The van der Waals surface area contributed by atoms with Gasteiger partial charge in [0, 0.05) is 24.2 Å². The number of nitrogens with one attached hydrogen (secondary N) is 1. The Kier molecular flexibility index (Phi) is 4.01. The van der Waals surface area contributed by atoms with E-state index in [-0.39, 0.29) is 0 Å². The van der Waals surface area contributed by atoms with Crippen LogP contribution in [0.4, 0.5) is 0 Å². The molecule has 2 aromatic heterocycles. The Morgan fingerprint density at radius 2 is 2.05 bits per heavy atom. The smallest absolute Gasteiger partial charge is 0.157 e. The molecule has 2 heterocycles. The third kappa shape index (κ3) is 2.85. The molecule has 0 unspecified atom stereocenters. The van der Waals surface area contributed by atoms with E-state index in [1.807, 2.05) is 12.4 Å². The van der Waals surface area contributed by atoms with Crippen molar-refractivity contribution in [1.29, 1.82) is 0 Å². The first-order valence-corrected chi connectivity index (χ1v) is 7.79. The lowest BCUT2D eigenvalue weighted by atomic mass is 9.96. The number of fused-ring (bicyclic) bond motifs is 1. The lowest BCUT2D eigenvalue weighted by Gasteiger charge is -2.22. The van der Waals surface area contributed by atoms with Gasteiger partial charge in [-0.25, -0.2) is 9.67 Å². The van der Waals surface area contributed by atoms with Crippen LogP contribution in [0.25, 0.3) is 11.0 Å². The molecule has 20 heavy (non-hydrogen) atoms. The summed E-state index contributed by atoms with van der Waals surface area (Å²) in [6.45, 7) is 5.19. The van der Waals surface area contributed by atoms with Crippen LogP contribution < -0.4 is 5.32 Å². The molecule has 108 valence electrons. The molecule has 1 saturated carbocycles. The Balaban J connectivity index is 1.82. The summed E-state index contributed by atoms with van der Waals surface area (Å²) in [5.41, 5.74) is 2.28. The van der Waals surface area contributed by atoms with Gasteiger partial charge in [0.1, 0.15) is 0 Å². The summed E-state index contributed by atoms with van der Waals surface area (Å²) >= 11 is 0. The van der Waals surface area contributed by atoms with Crippen LogP contribution in [-0.2, 0) is 6.54 Å². The maximum Gasteiger partial charge on any atom is 0.157 e. The molecule has 1 N–H and O–H groups in total. The van der Waals surface area contributed by atoms with Crippen LogP contribution in [0.3, 0.4) is 0 Å². The largest absolute Gasteiger partial charge is 0.310 e. The minimum absolute atomic E-state index is 0.496. The van der Waals surface area contributed by atoms with E-state index in [2.05, 4.69) is 40.0 Å². The lowest BCUT2D eigenvalue weighted by molar-refractivity contribution is 0.336. The second-order valence-corrected chi connectivity index (χ2v) is 6.17. The number of pyridine rings is 1. The van der Waals surface area contributed by atoms with Gasteiger partial charge in [0.2, 0.25) is 0 Å². The molecule has 0 aromatic carbocycles. The molecule has 3 rings (SSSR count). The van der Waals surface area contributed by atoms with Crippen LogP contribution in [0.15, 0.2) is 18.5 Å². The highest BCUT2D eigenvalue weighted by Crippen LogP contribution is 2.29. The minimum Gasteiger partial charge on any atom is -0.310 e. The summed E-state index contributed by atoms with van der Waals surface area (Å²) in [6, 6.07) is 3.26. The summed E-state index contributed by atoms with van der Waals surface area (Å²) in [6.07, 6.45) is 10.5. The zero-order valence-corrected chi connectivity index (χ0v) is 12.5. The van der Waals surface area contributed by atoms with Crippen molar-refractivity contribution >= 4 is 11.0 Å². The number of nitrogens with zero attached hydrogens (tertiary/aromatic N) is 3. The predicted octanol–water partition coefficient (Wildman–Crippen LogP) is 3.43. The molecule has 0 spiro atoms. The summed E-state index contributed by atoms with van der Waals surface area (Å²) in [5.74, 6) is 0. The molecular weight excluding hydrogens is 248 g/mol. The van der Waals surface area contributed by atoms with Crippen molar-refractivity contribution in [2.45, 2.75) is 64.6 Å². The molecule has 0 saturated heterocycles. The van der Waals surface area contributed by atoms with Crippen molar-refractivity contribution in [3.8, 4) is 0 Å². The Labute approximate surface area is 120 Å². The molecule has 0 radical (unpaired) electrons. The Hall–Kier alpha value is -1.42. The predicted molar refractivity (Wildman–Crippen MR) is 81.6 cm³/mol. The van der Waals surface area contributed by atoms with Crippen LogP contribution in [0, 0.1) is 0 Å². The standard InChI is InChI=1S/C16H24N4/c1-12(2)17-9-13-8-14-11-19-20(16(14)18-10-13)15-6-4-3-5-7-15/h8,10-12,15,17H,3-7,9H2,1-2H3. The molecule has 1 fully saturated rings. The minimum atomic E-state index is 0.496. The van der Waals surface area contributed by atoms with Gasteiger partial charge in [0.15, 0.2) is 5.65 Å². The first-order valence-electron chi connectivity index (χ1n) is 7.79. The fourth-order valence-electron chi connectivity index (χ4n) is 3.00. The van der Waals surface area contributed by atoms with E-state index in [9.17, 15) is 0 Å². The molecule has 1 aliphatic rings. The number of aromatic nitrogens is 3. The van der Waals surface area contributed by atoms with Gasteiger partial charge in [-0.15, -0.1) is 0 Å². The van der Waals surface area contributed by atoms with Crippen molar-refractivity contribution in [1.82, 2.24) is 20.1 Å². The molecule has 4 heteroatoms. The van der Waals surface area contributed by atoms with Crippen molar-refractivity contribution < 1.29 is 0 Å². The average Bonchev–Trinajstić information content (AvgIpc) is 2.89. The van der Waals surface area contributed by atoms with Crippen LogP contribution in [0.2, 0.25) is 0 Å². The van der Waals surface area contributed by atoms with Crippen LogP contribution >= 0.6 is 0 Å². The molecule has 0 atom stereocenters. The van der Waals surface area contributed by atoms with Crippen molar-refractivity contribution in [2.24, 2.45) is 0 Å². The summed E-state index contributed by atoms with van der Waals surface area (Å²) in [4.78, 5) is 4.65. The van der Waals surface area contributed by atoms with E-state index in [4.69, 9.17) is 0 Å². The van der Waals surface area contributed by atoms with Crippen molar-refractivity contribution in [3.63, 3.8) is 0 Å². The van der Waals surface area contributed by atoms with Crippen LogP contribution in [0.5, 0.6) is 0 Å². The highest BCUT2D eigenvalue weighted by Gasteiger charge is 2.18. The third-order valence-electron chi connectivity index (χ3n) is 4.12. The normalized spacial score (nSPS) is 17.1. The molecule has 1 aliphatic carbocycles. The van der Waals surface area contributed by atoms with Gasteiger partial charge in [-0.1, -0.05) is 33.1 Å². The second kappa shape index (κ2) is 5.92. The topological polar surface area (TPSA) is 42.7 Å². The fraction of sp³-hybridized carbons (Fsp3) is 0.625. The molecule has 0 aliphatic heterocycles. The Morgan fingerprint density at radius 1 is 1.25 bits per heavy atom. The number of hydrogen-bond donors (Lipinski definition) is 1. The Bertz CT molecular complexity index is 567. The van der Waals surface area contributed by atoms with Gasteiger partial charge in [-0.3, -0.25) is 0 Å². The van der Waals surface area contributed by atoms with E-state index in [0.29, 0.717) is 12.1 Å². The van der Waals surface area contributed by atoms with Gasteiger partial charge in [0.05, 0.1) is 12.2 Å². The van der Waals surface area contributed by atoms with Crippen LogP contribution in [0.1, 0.15) is 57.6 Å². The zero-order chi connectivity index (χ0) is 13.9. The average molecular weight is 272 g/mol. The summed E-state index contributed by atoms with van der Waals surface area (Å²) in [5, 5.41) is 9.18. The van der Waals surface area contributed by atoms with Gasteiger partial charge < -0.3 is 5.32 Å². The highest BCUT2D eigenvalue weighted by atomic mass is 15.3. The van der Waals surface area contributed by atoms with Crippen molar-refractivity contribution in [2.75, 3.05) is 0 Å². The maximum atomic E-state index is 4.65. The number of hydrogen-bond acceptors (Lipinski definition) is 3. The van der Waals surface area contributed by atoms with Crippen LogP contribution in [-0.4, -0.2) is 20.8 Å². The SMILES string of the molecule is CC(C)NCc1cnc2c(cnn2C2CCCCC2)c1. The van der Waals surface area contributed by atoms with Gasteiger partial charge in [0.25, 0.3) is 0 Å². The molecule has 4 nitrogen and oxygen atoms in total. The summed E-state index contributed by atoms with van der Waals surface area (Å²) in [7, 11) is 0. The van der Waals surface area contributed by atoms with E-state index in [1.165, 1.54) is 43.1 Å². The zero-order valence-electron chi connectivity index (χ0n) is 12.5. The Morgan fingerprint density at radius 3 is 2.80 bits per heavy atom. The number of rotatable bonds is 4. The molecule has 2 aromatic rings. The fourth-order valence-corrected chi connectivity index (χ4v) is 3.00. The van der Waals surface area contributed by atoms with Crippen molar-refractivity contribution in [3.05, 3.63) is 24.0 Å². The summed E-state index contributed by atoms with van der Waals surface area (Å²) < 4.78 is 2.15. The van der Waals surface area contributed by atoms with Gasteiger partial charge in [-0.05, 0) is 24.5 Å². The quantitative estimate of drug-likeness (QED) is 0.927. The molecule has 0 amide bonds. The maximum absolute atomic E-state index is 4.65. The van der Waals surface area contributed by atoms with E-state index < -0.39 is 0 Å².